The molecule has 0 aliphatic heterocycles. The Morgan fingerprint density at radius 2 is 1.60 bits per heavy atom. The van der Waals surface area contributed by atoms with Gasteiger partial charge < -0.3 is 12.5 Å². The Bertz CT molecular complexity index is 6.85. The van der Waals surface area contributed by atoms with E-state index in [0.29, 0.717) is 0 Å². The fraction of sp³-hybridized carbons (Fsp3) is 0.667. The van der Waals surface area contributed by atoms with Crippen molar-refractivity contribution >= 4 is 0 Å². The fourth-order valence-electron chi connectivity index (χ4n) is 0. The Labute approximate surface area is 48.3 Å². The molecule has 0 aromatic carbocycles. The van der Waals surface area contributed by atoms with Gasteiger partial charge in [-0.1, -0.05) is 0 Å². The first-order valence-corrected chi connectivity index (χ1v) is 1.02. The maximum absolute atomic E-state index is 7.57. The molecule has 0 saturated heterocycles. The van der Waals surface area contributed by atoms with E-state index in [9.17, 15) is 0 Å². The van der Waals surface area contributed by atoms with Gasteiger partial charge in [-0.05, 0) is 6.92 Å². The molecule has 0 unspecified atom stereocenters. The summed E-state index contributed by atoms with van der Waals surface area (Å²) < 4.78 is 0. The van der Waals surface area contributed by atoms with Gasteiger partial charge in [-0.15, -0.1) is 0 Å². The van der Waals surface area contributed by atoms with E-state index in [1.54, 1.807) is 6.92 Å². The maximum atomic E-state index is 7.57. The van der Waals surface area contributed by atoms with Gasteiger partial charge in [0, 0.05) is 28.3 Å². The van der Waals surface area contributed by atoms with Crippen LogP contribution in [0.2, 0.25) is 0 Å². The summed E-state index contributed by atoms with van der Waals surface area (Å²) in [5, 5.41) is 7.57. The summed E-state index contributed by atoms with van der Waals surface area (Å²) in [6.07, 6.45) is 0. The minimum atomic E-state index is 0. The largest absolute Gasteiger partial charge is 0.397 e. The van der Waals surface area contributed by atoms with Crippen LogP contribution >= 0.6 is 0 Å². The number of hydrogen-bond acceptors (Lipinski definition) is 1. The monoisotopic (exact) mass is 109 g/mol. The first kappa shape index (κ1) is 17.3. The molecule has 0 bridgehead atoms. The molecule has 0 fully saturated rings. The Kier molecular flexibility index (Phi) is 78.0. The van der Waals surface area contributed by atoms with Gasteiger partial charge in [0.2, 0.25) is 0 Å². The maximum Gasteiger partial charge on any atom is 0.0402 e. The van der Waals surface area contributed by atoms with Gasteiger partial charge in [-0.2, -0.15) is 0 Å². The SMILES string of the molecule is CCO.[CH3-].[Ti]. The molecule has 5 heavy (non-hydrogen) atoms. The summed E-state index contributed by atoms with van der Waals surface area (Å²) in [5.74, 6) is 0. The number of aliphatic hydroxyl groups is 1. The summed E-state index contributed by atoms with van der Waals surface area (Å²) in [6, 6.07) is 0. The zero-order valence-corrected chi connectivity index (χ0v) is 5.22. The molecule has 32 valence electrons. The van der Waals surface area contributed by atoms with Crippen molar-refractivity contribution in [3.05, 3.63) is 7.43 Å². The molecule has 0 radical (unpaired) electrons. The molecule has 0 spiro atoms. The van der Waals surface area contributed by atoms with Gasteiger partial charge >= 0.3 is 0 Å². The van der Waals surface area contributed by atoms with Crippen LogP contribution in [0, 0.1) is 7.43 Å². The van der Waals surface area contributed by atoms with Crippen molar-refractivity contribution in [3.63, 3.8) is 0 Å². The van der Waals surface area contributed by atoms with Gasteiger partial charge in [0.25, 0.3) is 0 Å². The second-order valence-electron chi connectivity index (χ2n) is 0.316. The van der Waals surface area contributed by atoms with E-state index in [1.165, 1.54) is 0 Å². The molecule has 0 atom stereocenters. The minimum Gasteiger partial charge on any atom is -0.397 e. The van der Waals surface area contributed by atoms with Crippen molar-refractivity contribution in [2.24, 2.45) is 0 Å². The van der Waals surface area contributed by atoms with Crippen LogP contribution in [-0.2, 0) is 21.7 Å². The van der Waals surface area contributed by atoms with Crippen molar-refractivity contribution in [2.75, 3.05) is 6.61 Å². The van der Waals surface area contributed by atoms with Gasteiger partial charge in [0.15, 0.2) is 0 Å². The summed E-state index contributed by atoms with van der Waals surface area (Å²) >= 11 is 0. The van der Waals surface area contributed by atoms with E-state index in [1.807, 2.05) is 0 Å². The molecular weight excluding hydrogens is 99.9 g/mol. The van der Waals surface area contributed by atoms with E-state index < -0.39 is 0 Å². The predicted molar refractivity (Wildman–Crippen MR) is 19.2 cm³/mol. The molecule has 0 rings (SSSR count). The fourth-order valence-corrected chi connectivity index (χ4v) is 0. The summed E-state index contributed by atoms with van der Waals surface area (Å²) in [5.41, 5.74) is 0. The van der Waals surface area contributed by atoms with Crippen LogP contribution in [0.25, 0.3) is 0 Å². The normalized spacial score (nSPS) is 3.60. The van der Waals surface area contributed by atoms with Crippen molar-refractivity contribution in [3.8, 4) is 0 Å². The second-order valence-corrected chi connectivity index (χ2v) is 0.316. The molecule has 1 N–H and O–H groups in total. The molecule has 0 aromatic rings. The van der Waals surface area contributed by atoms with Crippen LogP contribution in [-0.4, -0.2) is 11.7 Å². The Morgan fingerprint density at radius 1 is 1.60 bits per heavy atom. The van der Waals surface area contributed by atoms with E-state index in [2.05, 4.69) is 0 Å². The van der Waals surface area contributed by atoms with E-state index in [0.717, 1.165) is 0 Å². The second kappa shape index (κ2) is 22.5. The minimum absolute atomic E-state index is 0. The molecule has 0 saturated carbocycles. The Balaban J connectivity index is -0.0000000200. The van der Waals surface area contributed by atoms with Crippen LogP contribution in [0.1, 0.15) is 6.92 Å². The Hall–Kier alpha value is 0.674. The van der Waals surface area contributed by atoms with Gasteiger partial charge in [0.1, 0.15) is 0 Å². The number of hydrogen-bond donors (Lipinski definition) is 1. The third kappa shape index (κ3) is 73.5. The average molecular weight is 109 g/mol. The number of rotatable bonds is 0. The molecule has 0 amide bonds. The van der Waals surface area contributed by atoms with Crippen molar-refractivity contribution in [1.82, 2.24) is 0 Å². The third-order valence-electron chi connectivity index (χ3n) is 0. The number of aliphatic hydroxyl groups excluding tert-OH is 1. The van der Waals surface area contributed by atoms with E-state index in [4.69, 9.17) is 5.11 Å². The van der Waals surface area contributed by atoms with Gasteiger partial charge in [-0.25, -0.2) is 0 Å². The van der Waals surface area contributed by atoms with Crippen LogP contribution in [0.4, 0.5) is 0 Å². The van der Waals surface area contributed by atoms with Crippen LogP contribution in [0.3, 0.4) is 0 Å². The van der Waals surface area contributed by atoms with E-state index >= 15 is 0 Å². The zero-order valence-electron chi connectivity index (χ0n) is 3.65. The average Bonchev–Trinajstić information content (AvgIpc) is 0.918. The predicted octanol–water partition coefficient (Wildman–Crippen LogP) is 0.446. The zero-order chi connectivity index (χ0) is 2.71. The van der Waals surface area contributed by atoms with Crippen LogP contribution in [0.15, 0.2) is 0 Å². The first-order valence-electron chi connectivity index (χ1n) is 1.02. The van der Waals surface area contributed by atoms with Gasteiger partial charge in [-0.3, -0.25) is 0 Å². The van der Waals surface area contributed by atoms with Crippen LogP contribution in [0.5, 0.6) is 0 Å². The summed E-state index contributed by atoms with van der Waals surface area (Å²) in [4.78, 5) is 0. The summed E-state index contributed by atoms with van der Waals surface area (Å²) in [7, 11) is 0. The van der Waals surface area contributed by atoms with Crippen molar-refractivity contribution in [2.45, 2.75) is 6.92 Å². The van der Waals surface area contributed by atoms with Crippen molar-refractivity contribution < 1.29 is 26.8 Å². The third-order valence-corrected chi connectivity index (χ3v) is 0. The van der Waals surface area contributed by atoms with Crippen LogP contribution < -0.4 is 0 Å². The molecular formula is C3H9OTi-. The smallest absolute Gasteiger partial charge is 0.0402 e. The van der Waals surface area contributed by atoms with E-state index in [-0.39, 0.29) is 35.8 Å². The molecule has 0 aromatic heterocycles. The first-order chi connectivity index (χ1) is 1.41. The quantitative estimate of drug-likeness (QED) is 0.353. The standard InChI is InChI=1S/C2H6O.CH3.Ti/c1-2-3;;/h3H,2H2,1H3;1H3;/q;-1;. The molecule has 0 heterocycles. The molecule has 1 nitrogen and oxygen atoms in total. The summed E-state index contributed by atoms with van der Waals surface area (Å²) in [6.45, 7) is 1.93. The molecule has 0 aliphatic rings. The molecule has 0 aliphatic carbocycles. The van der Waals surface area contributed by atoms with Crippen molar-refractivity contribution in [1.29, 1.82) is 0 Å². The molecule has 2 heteroatoms. The topological polar surface area (TPSA) is 20.2 Å². The Morgan fingerprint density at radius 3 is 1.60 bits per heavy atom. The van der Waals surface area contributed by atoms with Gasteiger partial charge in [0.05, 0.1) is 0 Å².